The molecule has 0 aromatic heterocycles. The maximum Gasteiger partial charge on any atom is 0.316 e. The van der Waals surface area contributed by atoms with Gasteiger partial charge in [-0.05, 0) is 122 Å². The standard InChI is InChI=1S/C34H35N3O7.C32H33N3O6/c1-6-24-19-26(15-16-28(24)35-5)36-31(39)29(44-22(2)38)30-32(40)37(17-18-42-30)27-14-10-13-25(20-27)34(3,4)33(41)43-21-23-11-8-7-9-12-23;1-5-22-18-24(14-15-26(22)33-4)34-29(37)27(36)28-30(38)35(16-17-40-28)25-13-9-12-23(19-25)32(2,3)31(39)41-20-21-10-7-6-8-11-21/h7-16,19-20,29-30H,6,17-18,21H2,1-4H3,(H,36,39);6-15,18-19,27-28,36H,5,16-17,20H2,1-3H3,(H,34,37)/t29-,30-;27-,28-/m11/s1. The molecule has 4 amide bonds. The quantitative estimate of drug-likeness (QED) is 0.0391. The van der Waals surface area contributed by atoms with E-state index in [9.17, 15) is 38.7 Å². The first kappa shape index (κ1) is 63.1. The Hall–Kier alpha value is -9.53. The second-order valence-electron chi connectivity index (χ2n) is 21.1. The molecule has 4 atom stereocenters. The molecule has 19 heteroatoms. The molecule has 0 spiro atoms. The van der Waals surface area contributed by atoms with E-state index in [1.807, 2.05) is 74.5 Å². The van der Waals surface area contributed by atoms with Gasteiger partial charge in [0.05, 0.1) is 37.2 Å². The van der Waals surface area contributed by atoms with Crippen LogP contribution in [0.15, 0.2) is 146 Å². The van der Waals surface area contributed by atoms with E-state index in [1.54, 1.807) is 113 Å². The monoisotopic (exact) mass is 1150 g/mol. The fraction of sp³-hybridized carbons (Fsp3) is 0.318. The van der Waals surface area contributed by atoms with Gasteiger partial charge >= 0.3 is 17.9 Å². The highest BCUT2D eigenvalue weighted by molar-refractivity contribution is 6.06. The third-order valence-electron chi connectivity index (χ3n) is 14.5. The van der Waals surface area contributed by atoms with E-state index < -0.39 is 76.8 Å². The van der Waals surface area contributed by atoms with Crippen LogP contribution >= 0.6 is 0 Å². The van der Waals surface area contributed by atoms with Gasteiger partial charge < -0.3 is 49.2 Å². The van der Waals surface area contributed by atoms with Crippen molar-refractivity contribution in [1.29, 1.82) is 0 Å². The number of esters is 3. The Bertz CT molecular complexity index is 3500. The normalized spacial score (nSPS) is 15.8. The smallest absolute Gasteiger partial charge is 0.316 e. The number of hydrogen-bond acceptors (Lipinski definition) is 13. The van der Waals surface area contributed by atoms with Crippen LogP contribution in [0.5, 0.6) is 0 Å². The Labute approximate surface area is 494 Å². The molecule has 3 N–H and O–H groups in total. The van der Waals surface area contributed by atoms with Crippen molar-refractivity contribution in [3.63, 3.8) is 0 Å². The van der Waals surface area contributed by atoms with Gasteiger partial charge in [0.25, 0.3) is 23.6 Å². The molecule has 2 aliphatic heterocycles. The van der Waals surface area contributed by atoms with E-state index in [2.05, 4.69) is 20.3 Å². The zero-order valence-corrected chi connectivity index (χ0v) is 48.5. The number of carbonyl (C=O) groups is 7. The number of ether oxygens (including phenoxy) is 5. The van der Waals surface area contributed by atoms with Gasteiger partial charge in [-0.15, -0.1) is 0 Å². The number of carbonyl (C=O) groups excluding carboxylic acids is 7. The first-order valence-electron chi connectivity index (χ1n) is 27.7. The lowest BCUT2D eigenvalue weighted by molar-refractivity contribution is -0.167. The Balaban J connectivity index is 0.000000244. The van der Waals surface area contributed by atoms with Gasteiger partial charge in [-0.2, -0.15) is 0 Å². The minimum atomic E-state index is -1.76. The third kappa shape index (κ3) is 15.6. The largest absolute Gasteiger partial charge is 0.460 e. The Morgan fingerprint density at radius 2 is 1.02 bits per heavy atom. The van der Waals surface area contributed by atoms with E-state index in [-0.39, 0.29) is 39.5 Å². The Kier molecular flexibility index (Phi) is 21.2. The summed E-state index contributed by atoms with van der Waals surface area (Å²) in [5.74, 6) is -4.27. The molecule has 0 saturated carbocycles. The van der Waals surface area contributed by atoms with Gasteiger partial charge in [0.1, 0.15) is 13.2 Å². The highest BCUT2D eigenvalue weighted by atomic mass is 16.6. The number of rotatable bonds is 19. The lowest BCUT2D eigenvalue weighted by Gasteiger charge is -2.35. The molecule has 85 heavy (non-hydrogen) atoms. The molecule has 8 rings (SSSR count). The number of amides is 4. The SMILES string of the molecule is [C-]#[N+]c1ccc(NC(=O)[C@H](O)[C@H]2OCCN(c3cccc(C(C)(C)C(=O)OCc4ccccc4)c3)C2=O)cc1CC.[C-]#[N+]c1ccc(NC(=O)[C@H](OC(C)=O)[C@H]2OCCN(c3cccc(C(C)(C)C(=O)OCc4ccccc4)c3)C2=O)cc1CC. The summed E-state index contributed by atoms with van der Waals surface area (Å²) in [4.78, 5) is 101. The van der Waals surface area contributed by atoms with Crippen LogP contribution in [-0.4, -0.2) is 97.4 Å². The van der Waals surface area contributed by atoms with Crippen LogP contribution in [0.1, 0.15) is 81.8 Å². The average Bonchev–Trinajstić information content (AvgIpc) is 3.70. The van der Waals surface area contributed by atoms with Crippen molar-refractivity contribution in [1.82, 2.24) is 0 Å². The van der Waals surface area contributed by atoms with E-state index in [1.165, 1.54) is 9.80 Å². The van der Waals surface area contributed by atoms with Crippen molar-refractivity contribution < 1.29 is 62.4 Å². The number of aliphatic hydroxyl groups is 1. The van der Waals surface area contributed by atoms with Crippen molar-refractivity contribution in [2.75, 3.05) is 46.7 Å². The predicted octanol–water partition coefficient (Wildman–Crippen LogP) is 9.68. The molecule has 440 valence electrons. The van der Waals surface area contributed by atoms with E-state index in [0.29, 0.717) is 58.1 Å². The summed E-state index contributed by atoms with van der Waals surface area (Å²) in [7, 11) is 0. The van der Waals surface area contributed by atoms with Crippen molar-refractivity contribution in [3.8, 4) is 0 Å². The minimum absolute atomic E-state index is 0.0773. The van der Waals surface area contributed by atoms with Crippen molar-refractivity contribution >= 4 is 75.7 Å². The van der Waals surface area contributed by atoms with Gasteiger partial charge in [-0.25, -0.2) is 9.69 Å². The molecule has 6 aromatic carbocycles. The molecule has 2 heterocycles. The number of aliphatic hydroxyl groups excluding tert-OH is 1. The van der Waals surface area contributed by atoms with E-state index in [4.69, 9.17) is 36.8 Å². The van der Waals surface area contributed by atoms with Gasteiger partial charge in [0.15, 0.2) is 29.7 Å². The summed E-state index contributed by atoms with van der Waals surface area (Å²) in [5.41, 5.74) is 5.27. The number of hydrogen-bond donors (Lipinski definition) is 3. The van der Waals surface area contributed by atoms with Crippen LogP contribution in [0.3, 0.4) is 0 Å². The Morgan fingerprint density at radius 3 is 1.45 bits per heavy atom. The first-order chi connectivity index (χ1) is 40.7. The third-order valence-corrected chi connectivity index (χ3v) is 14.5. The van der Waals surface area contributed by atoms with E-state index in [0.717, 1.165) is 29.2 Å². The van der Waals surface area contributed by atoms with Crippen LogP contribution in [0.2, 0.25) is 0 Å². The highest BCUT2D eigenvalue weighted by Gasteiger charge is 2.44. The lowest BCUT2D eigenvalue weighted by Crippen LogP contribution is -2.56. The molecule has 2 saturated heterocycles. The number of anilines is 4. The molecule has 0 radical (unpaired) electrons. The molecule has 19 nitrogen and oxygen atoms in total. The Morgan fingerprint density at radius 1 is 0.600 bits per heavy atom. The fourth-order valence-electron chi connectivity index (χ4n) is 9.45. The van der Waals surface area contributed by atoms with Gasteiger partial charge in [-0.1, -0.05) is 111 Å². The molecule has 0 bridgehead atoms. The second kappa shape index (κ2) is 28.6. The molecule has 0 unspecified atom stereocenters. The number of aryl methyl sites for hydroxylation is 2. The van der Waals surface area contributed by atoms with Crippen molar-refractivity contribution in [3.05, 3.63) is 202 Å². The zero-order chi connectivity index (χ0) is 61.4. The topological polar surface area (TPSA) is 225 Å². The van der Waals surface area contributed by atoms with Gasteiger partial charge in [0, 0.05) is 42.8 Å². The summed E-state index contributed by atoms with van der Waals surface area (Å²) >= 11 is 0. The molecule has 6 aromatic rings. The van der Waals surface area contributed by atoms with Crippen LogP contribution < -0.4 is 20.4 Å². The molecular weight excluding hydrogens is 1080 g/mol. The average molecular weight is 1150 g/mol. The van der Waals surface area contributed by atoms with Crippen molar-refractivity contribution in [2.24, 2.45) is 0 Å². The molecule has 0 aliphatic carbocycles. The maximum atomic E-state index is 13.7. The molecule has 2 aliphatic rings. The molecule has 2 fully saturated rings. The number of nitrogens with zero attached hydrogens (tertiary/aromatic N) is 4. The van der Waals surface area contributed by atoms with Crippen LogP contribution in [0.4, 0.5) is 34.1 Å². The van der Waals surface area contributed by atoms with Crippen LogP contribution in [0.25, 0.3) is 9.69 Å². The second-order valence-corrected chi connectivity index (χ2v) is 21.1. The number of nitrogens with one attached hydrogen (secondary N) is 2. The highest BCUT2D eigenvalue weighted by Crippen LogP contribution is 2.33. The maximum absolute atomic E-state index is 13.7. The summed E-state index contributed by atoms with van der Waals surface area (Å²) in [6.07, 6.45) is -4.97. The summed E-state index contributed by atoms with van der Waals surface area (Å²) in [6.45, 7) is 27.4. The van der Waals surface area contributed by atoms with Crippen LogP contribution in [0, 0.1) is 13.1 Å². The summed E-state index contributed by atoms with van der Waals surface area (Å²) in [5, 5.41) is 16.1. The summed E-state index contributed by atoms with van der Waals surface area (Å²) in [6, 6.07) is 42.5. The van der Waals surface area contributed by atoms with Crippen molar-refractivity contribution in [2.45, 2.75) is 110 Å². The van der Waals surface area contributed by atoms with Crippen LogP contribution in [-0.2, 0) is 94.1 Å². The number of morpholine rings is 2. The minimum Gasteiger partial charge on any atom is -0.460 e. The van der Waals surface area contributed by atoms with Gasteiger partial charge in [0.2, 0.25) is 6.10 Å². The molecular formula is C66H68N6O13. The predicted molar refractivity (Wildman–Crippen MR) is 319 cm³/mol. The lowest BCUT2D eigenvalue weighted by atomic mass is 9.84. The van der Waals surface area contributed by atoms with Gasteiger partial charge in [-0.3, -0.25) is 33.6 Å². The fourth-order valence-corrected chi connectivity index (χ4v) is 9.45. The van der Waals surface area contributed by atoms with E-state index >= 15 is 0 Å². The first-order valence-corrected chi connectivity index (χ1v) is 27.7. The summed E-state index contributed by atoms with van der Waals surface area (Å²) < 4.78 is 27.7. The zero-order valence-electron chi connectivity index (χ0n) is 48.5. The number of benzene rings is 6.